The summed E-state index contributed by atoms with van der Waals surface area (Å²) in [6.45, 7) is 2.79. The zero-order chi connectivity index (χ0) is 21.0. The first kappa shape index (κ1) is 20.4. The van der Waals surface area contributed by atoms with Gasteiger partial charge in [0.25, 0.3) is 5.91 Å². The van der Waals surface area contributed by atoms with Crippen LogP contribution in [0, 0.1) is 11.3 Å². The van der Waals surface area contributed by atoms with Gasteiger partial charge in [-0.05, 0) is 31.0 Å². The summed E-state index contributed by atoms with van der Waals surface area (Å²) in [7, 11) is 1.24. The standard InChI is InChI=1S/C20H19N3O5S/c1-3-28-20(26)23-9-8-12-15(10-21)18(29-16(12)11-23)22-17(24)13-6-4-5-7-14(13)19(25)27-2/h4-7H,3,8-9,11H2,1-2H3,(H,22,24). The van der Waals surface area contributed by atoms with E-state index < -0.39 is 18.0 Å². The van der Waals surface area contributed by atoms with Gasteiger partial charge in [0.1, 0.15) is 11.1 Å². The molecule has 9 heteroatoms. The average Bonchev–Trinajstić information content (AvgIpc) is 3.09. The molecule has 29 heavy (non-hydrogen) atoms. The highest BCUT2D eigenvalue weighted by Crippen LogP contribution is 2.37. The van der Waals surface area contributed by atoms with Gasteiger partial charge in [0, 0.05) is 11.4 Å². The van der Waals surface area contributed by atoms with E-state index in [0.717, 1.165) is 10.4 Å². The number of methoxy groups -OCH3 is 1. The highest BCUT2D eigenvalue weighted by molar-refractivity contribution is 7.16. The zero-order valence-electron chi connectivity index (χ0n) is 16.0. The molecule has 2 aromatic rings. The van der Waals surface area contributed by atoms with Crippen LogP contribution in [0.25, 0.3) is 0 Å². The Morgan fingerprint density at radius 1 is 1.28 bits per heavy atom. The van der Waals surface area contributed by atoms with Crippen molar-refractivity contribution in [3.63, 3.8) is 0 Å². The number of nitrogens with zero attached hydrogens (tertiary/aromatic N) is 2. The van der Waals surface area contributed by atoms with E-state index in [9.17, 15) is 19.6 Å². The first-order chi connectivity index (χ1) is 14.0. The van der Waals surface area contributed by atoms with Gasteiger partial charge < -0.3 is 19.7 Å². The lowest BCUT2D eigenvalue weighted by Gasteiger charge is -2.25. The lowest BCUT2D eigenvalue weighted by molar-refractivity contribution is 0.0597. The molecule has 150 valence electrons. The lowest BCUT2D eigenvalue weighted by atomic mass is 10.0. The highest BCUT2D eigenvalue weighted by Gasteiger charge is 2.28. The van der Waals surface area contributed by atoms with Crippen LogP contribution in [0.1, 0.15) is 43.6 Å². The highest BCUT2D eigenvalue weighted by atomic mass is 32.1. The van der Waals surface area contributed by atoms with Crippen LogP contribution >= 0.6 is 11.3 Å². The molecule has 2 heterocycles. The summed E-state index contributed by atoms with van der Waals surface area (Å²) in [5.41, 5.74) is 1.51. The summed E-state index contributed by atoms with van der Waals surface area (Å²) in [5.74, 6) is -1.13. The Hall–Kier alpha value is -3.38. The normalized spacial score (nSPS) is 12.5. The zero-order valence-corrected chi connectivity index (χ0v) is 16.8. The second-order valence-corrected chi connectivity index (χ2v) is 7.29. The molecule has 1 aliphatic rings. The van der Waals surface area contributed by atoms with Crippen molar-refractivity contribution >= 4 is 34.3 Å². The van der Waals surface area contributed by atoms with E-state index in [2.05, 4.69) is 11.4 Å². The maximum Gasteiger partial charge on any atom is 0.410 e. The smallest absolute Gasteiger partial charge is 0.410 e. The van der Waals surface area contributed by atoms with Crippen molar-refractivity contribution in [2.45, 2.75) is 19.9 Å². The van der Waals surface area contributed by atoms with E-state index in [4.69, 9.17) is 9.47 Å². The third kappa shape index (κ3) is 4.07. The monoisotopic (exact) mass is 413 g/mol. The maximum atomic E-state index is 12.8. The minimum Gasteiger partial charge on any atom is -0.465 e. The summed E-state index contributed by atoms with van der Waals surface area (Å²) in [6.07, 6.45) is 0.102. The van der Waals surface area contributed by atoms with Crippen LogP contribution in [0.5, 0.6) is 0 Å². The first-order valence-electron chi connectivity index (χ1n) is 8.95. The minimum absolute atomic E-state index is 0.140. The lowest BCUT2D eigenvalue weighted by Crippen LogP contribution is -2.35. The van der Waals surface area contributed by atoms with Crippen molar-refractivity contribution in [2.24, 2.45) is 0 Å². The van der Waals surface area contributed by atoms with Gasteiger partial charge >= 0.3 is 12.1 Å². The molecule has 3 rings (SSSR count). The second-order valence-electron chi connectivity index (χ2n) is 6.18. The Bertz CT molecular complexity index is 1010. The van der Waals surface area contributed by atoms with Gasteiger partial charge in [-0.15, -0.1) is 11.3 Å². The van der Waals surface area contributed by atoms with E-state index in [0.29, 0.717) is 30.1 Å². The number of hydrogen-bond donors (Lipinski definition) is 1. The fourth-order valence-electron chi connectivity index (χ4n) is 3.12. The molecule has 0 unspecified atom stereocenters. The summed E-state index contributed by atoms with van der Waals surface area (Å²) in [5, 5.41) is 12.7. The number of nitrogens with one attached hydrogen (secondary N) is 1. The molecule has 0 atom stereocenters. The van der Waals surface area contributed by atoms with Crippen LogP contribution in [-0.4, -0.2) is 43.1 Å². The van der Waals surface area contributed by atoms with Crippen LogP contribution < -0.4 is 5.32 Å². The Morgan fingerprint density at radius 2 is 2.00 bits per heavy atom. The van der Waals surface area contributed by atoms with Gasteiger partial charge in [-0.25, -0.2) is 9.59 Å². The van der Waals surface area contributed by atoms with E-state index in [1.54, 1.807) is 24.0 Å². The fraction of sp³-hybridized carbons (Fsp3) is 0.300. The van der Waals surface area contributed by atoms with E-state index in [-0.39, 0.29) is 17.7 Å². The van der Waals surface area contributed by atoms with Crippen molar-refractivity contribution in [3.8, 4) is 6.07 Å². The quantitative estimate of drug-likeness (QED) is 0.771. The van der Waals surface area contributed by atoms with Crippen molar-refractivity contribution in [1.82, 2.24) is 4.90 Å². The van der Waals surface area contributed by atoms with Gasteiger partial charge in [0.2, 0.25) is 0 Å². The van der Waals surface area contributed by atoms with Crippen molar-refractivity contribution in [3.05, 3.63) is 51.4 Å². The summed E-state index contributed by atoms with van der Waals surface area (Å²) in [6, 6.07) is 8.45. The molecule has 0 spiro atoms. The van der Waals surface area contributed by atoms with Gasteiger partial charge in [0.15, 0.2) is 0 Å². The number of benzene rings is 1. The number of esters is 1. The number of ether oxygens (including phenoxy) is 2. The van der Waals surface area contributed by atoms with Gasteiger partial charge in [0.05, 0.1) is 37.0 Å². The van der Waals surface area contributed by atoms with E-state index in [1.165, 1.54) is 30.6 Å². The molecular weight excluding hydrogens is 394 g/mol. The van der Waals surface area contributed by atoms with E-state index in [1.807, 2.05) is 0 Å². The molecule has 0 saturated heterocycles. The summed E-state index contributed by atoms with van der Waals surface area (Å²) in [4.78, 5) is 39.1. The van der Waals surface area contributed by atoms with Gasteiger partial charge in [-0.1, -0.05) is 12.1 Å². The minimum atomic E-state index is -0.619. The first-order valence-corrected chi connectivity index (χ1v) is 9.76. The fourth-order valence-corrected chi connectivity index (χ4v) is 4.33. The predicted octanol–water partition coefficient (Wildman–Crippen LogP) is 3.17. The van der Waals surface area contributed by atoms with Crippen LogP contribution in [0.3, 0.4) is 0 Å². The Morgan fingerprint density at radius 3 is 2.66 bits per heavy atom. The number of carbonyl (C=O) groups excluding carboxylic acids is 3. The van der Waals surface area contributed by atoms with Crippen LogP contribution in [0.4, 0.5) is 9.80 Å². The predicted molar refractivity (Wildman–Crippen MR) is 106 cm³/mol. The van der Waals surface area contributed by atoms with Crippen molar-refractivity contribution in [1.29, 1.82) is 5.26 Å². The molecule has 0 radical (unpaired) electrons. The number of carbonyl (C=O) groups is 3. The maximum absolute atomic E-state index is 12.8. The molecule has 0 aliphatic carbocycles. The molecule has 1 aromatic heterocycles. The van der Waals surface area contributed by atoms with Gasteiger partial charge in [-0.2, -0.15) is 5.26 Å². The SMILES string of the molecule is CCOC(=O)N1CCc2c(sc(NC(=O)c3ccccc3C(=O)OC)c2C#N)C1. The molecule has 1 aliphatic heterocycles. The summed E-state index contributed by atoms with van der Waals surface area (Å²) >= 11 is 1.25. The molecule has 2 amide bonds. The van der Waals surface area contributed by atoms with Gasteiger partial charge in [-0.3, -0.25) is 4.79 Å². The molecule has 1 aromatic carbocycles. The molecule has 0 fully saturated rings. The number of anilines is 1. The average molecular weight is 413 g/mol. The number of rotatable bonds is 4. The van der Waals surface area contributed by atoms with Crippen molar-refractivity contribution in [2.75, 3.05) is 25.6 Å². The Kier molecular flexibility index (Phi) is 6.14. The number of nitriles is 1. The second kappa shape index (κ2) is 8.75. The molecular formula is C20H19N3O5S. The molecule has 8 nitrogen and oxygen atoms in total. The summed E-state index contributed by atoms with van der Waals surface area (Å²) < 4.78 is 9.77. The van der Waals surface area contributed by atoms with Crippen LogP contribution in [0.15, 0.2) is 24.3 Å². The Balaban J connectivity index is 1.87. The Labute approximate surface area is 171 Å². The molecule has 0 saturated carbocycles. The van der Waals surface area contributed by atoms with Crippen LogP contribution in [0.2, 0.25) is 0 Å². The van der Waals surface area contributed by atoms with Crippen LogP contribution in [-0.2, 0) is 22.4 Å². The number of thiophene rings is 1. The topological polar surface area (TPSA) is 109 Å². The largest absolute Gasteiger partial charge is 0.465 e. The third-order valence-corrected chi connectivity index (χ3v) is 5.63. The third-order valence-electron chi connectivity index (χ3n) is 4.50. The number of fused-ring (bicyclic) bond motifs is 1. The number of hydrogen-bond acceptors (Lipinski definition) is 7. The number of amides is 2. The molecule has 1 N–H and O–H groups in total. The molecule has 0 bridgehead atoms. The van der Waals surface area contributed by atoms with Crippen molar-refractivity contribution < 1.29 is 23.9 Å². The van der Waals surface area contributed by atoms with E-state index >= 15 is 0 Å².